The van der Waals surface area contributed by atoms with Crippen molar-refractivity contribution in [2.24, 2.45) is 5.92 Å². The normalized spacial score (nSPS) is 35.4. The highest BCUT2D eigenvalue weighted by Crippen LogP contribution is 2.46. The van der Waals surface area contributed by atoms with E-state index in [9.17, 15) is 0 Å². The van der Waals surface area contributed by atoms with Gasteiger partial charge in [0.2, 0.25) is 5.89 Å². The Kier molecular flexibility index (Phi) is 2.24. The minimum Gasteiger partial charge on any atom is -0.339 e. The topological polar surface area (TPSA) is 51.0 Å². The van der Waals surface area contributed by atoms with Crippen molar-refractivity contribution < 1.29 is 4.52 Å². The van der Waals surface area contributed by atoms with Crippen LogP contribution in [-0.2, 0) is 0 Å². The molecular weight excluding hydrogens is 190 g/mol. The van der Waals surface area contributed by atoms with Crippen molar-refractivity contribution in [1.29, 1.82) is 0 Å². The second kappa shape index (κ2) is 3.59. The molecule has 4 nitrogen and oxygen atoms in total. The number of hydrogen-bond acceptors (Lipinski definition) is 4. The molecule has 1 aromatic rings. The number of nitrogens with zero attached hydrogens (tertiary/aromatic N) is 2. The van der Waals surface area contributed by atoms with E-state index in [2.05, 4.69) is 22.4 Å². The quantitative estimate of drug-likeness (QED) is 0.806. The summed E-state index contributed by atoms with van der Waals surface area (Å²) < 4.78 is 5.31. The van der Waals surface area contributed by atoms with Crippen LogP contribution < -0.4 is 5.32 Å². The Balaban J connectivity index is 1.72. The highest BCUT2D eigenvalue weighted by Gasteiger charge is 2.39. The molecule has 1 aromatic heterocycles. The van der Waals surface area contributed by atoms with Crippen LogP contribution in [0.25, 0.3) is 0 Å². The second-order valence-corrected chi connectivity index (χ2v) is 4.81. The van der Waals surface area contributed by atoms with Crippen molar-refractivity contribution in [3.63, 3.8) is 0 Å². The van der Waals surface area contributed by atoms with Crippen molar-refractivity contribution in [2.75, 3.05) is 6.54 Å². The van der Waals surface area contributed by atoms with Gasteiger partial charge in [-0.3, -0.25) is 0 Å². The monoisotopic (exact) mass is 207 g/mol. The van der Waals surface area contributed by atoms with Crippen LogP contribution >= 0.6 is 0 Å². The highest BCUT2D eigenvalue weighted by atomic mass is 16.5. The summed E-state index contributed by atoms with van der Waals surface area (Å²) in [5, 5.41) is 7.52. The number of nitrogens with one attached hydrogen (secondary N) is 1. The number of hydrogen-bond donors (Lipinski definition) is 1. The molecule has 3 atom stereocenters. The van der Waals surface area contributed by atoms with Crippen molar-refractivity contribution in [3.05, 3.63) is 11.7 Å². The fourth-order valence-corrected chi connectivity index (χ4v) is 2.28. The zero-order valence-corrected chi connectivity index (χ0v) is 9.07. The Morgan fingerprint density at radius 1 is 1.40 bits per heavy atom. The summed E-state index contributed by atoms with van der Waals surface area (Å²) in [5.41, 5.74) is 0. The maximum absolute atomic E-state index is 5.31. The lowest BCUT2D eigenvalue weighted by Gasteiger charge is -2.19. The molecule has 2 fully saturated rings. The first-order valence-corrected chi connectivity index (χ1v) is 5.91. The molecule has 2 aliphatic rings. The predicted molar refractivity (Wildman–Crippen MR) is 55.4 cm³/mol. The predicted octanol–water partition coefficient (Wildman–Crippen LogP) is 2.01. The Morgan fingerprint density at radius 3 is 2.93 bits per heavy atom. The van der Waals surface area contributed by atoms with Gasteiger partial charge in [0.15, 0.2) is 5.82 Å². The third-order valence-corrected chi connectivity index (χ3v) is 3.51. The van der Waals surface area contributed by atoms with Gasteiger partial charge < -0.3 is 9.84 Å². The molecule has 0 spiro atoms. The molecule has 3 rings (SSSR count). The first kappa shape index (κ1) is 9.33. The van der Waals surface area contributed by atoms with E-state index in [4.69, 9.17) is 4.52 Å². The minimum atomic E-state index is 0.324. The summed E-state index contributed by atoms with van der Waals surface area (Å²) in [5.74, 6) is 2.99. The molecule has 0 amide bonds. The molecule has 1 saturated heterocycles. The molecule has 82 valence electrons. The van der Waals surface area contributed by atoms with Gasteiger partial charge in [-0.25, -0.2) is 0 Å². The summed E-state index contributed by atoms with van der Waals surface area (Å²) in [7, 11) is 0. The van der Waals surface area contributed by atoms with Crippen LogP contribution in [0, 0.1) is 5.92 Å². The molecular formula is C11H17N3O. The fraction of sp³-hybridized carbons (Fsp3) is 0.818. The Morgan fingerprint density at radius 2 is 2.27 bits per heavy atom. The summed E-state index contributed by atoms with van der Waals surface area (Å²) in [6.45, 7) is 3.31. The summed E-state index contributed by atoms with van der Waals surface area (Å²) in [6.07, 6.45) is 4.88. The summed E-state index contributed by atoms with van der Waals surface area (Å²) in [4.78, 5) is 4.51. The van der Waals surface area contributed by atoms with E-state index in [0.29, 0.717) is 12.0 Å². The Labute approximate surface area is 89.4 Å². The lowest BCUT2D eigenvalue weighted by Crippen LogP contribution is -2.27. The van der Waals surface area contributed by atoms with Crippen LogP contribution in [0.15, 0.2) is 4.52 Å². The lowest BCUT2D eigenvalue weighted by atomic mass is 10.0. The van der Waals surface area contributed by atoms with E-state index < -0.39 is 0 Å². The van der Waals surface area contributed by atoms with E-state index in [1.165, 1.54) is 19.3 Å². The molecule has 15 heavy (non-hydrogen) atoms. The Bertz CT molecular complexity index is 343. The van der Waals surface area contributed by atoms with Gasteiger partial charge in [-0.2, -0.15) is 4.98 Å². The summed E-state index contributed by atoms with van der Waals surface area (Å²) >= 11 is 0. The van der Waals surface area contributed by atoms with Crippen LogP contribution in [-0.4, -0.2) is 16.7 Å². The van der Waals surface area contributed by atoms with Crippen molar-refractivity contribution >= 4 is 0 Å². The molecule has 0 aromatic carbocycles. The van der Waals surface area contributed by atoms with Crippen LogP contribution in [0.3, 0.4) is 0 Å². The zero-order valence-electron chi connectivity index (χ0n) is 9.07. The Hall–Kier alpha value is -0.900. The van der Waals surface area contributed by atoms with Crippen LogP contribution in [0.2, 0.25) is 0 Å². The minimum absolute atomic E-state index is 0.324. The van der Waals surface area contributed by atoms with Gasteiger partial charge in [0.1, 0.15) is 0 Å². The fourth-order valence-electron chi connectivity index (χ4n) is 2.28. The lowest BCUT2D eigenvalue weighted by molar-refractivity contribution is 0.347. The molecule has 0 radical (unpaired) electrons. The zero-order chi connectivity index (χ0) is 10.3. The third-order valence-electron chi connectivity index (χ3n) is 3.51. The molecule has 3 unspecified atom stereocenters. The van der Waals surface area contributed by atoms with Gasteiger partial charge in [0, 0.05) is 5.92 Å². The SMILES string of the molecule is CC1CC1c1nc(C2CCCCN2)no1. The van der Waals surface area contributed by atoms with Gasteiger partial charge in [-0.1, -0.05) is 18.5 Å². The average Bonchev–Trinajstić information content (AvgIpc) is 2.83. The standard InChI is InChI=1S/C11H17N3O/c1-7-6-8(7)11-13-10(14-15-11)9-4-2-3-5-12-9/h7-9,12H,2-6H2,1H3. The third kappa shape index (κ3) is 1.78. The van der Waals surface area contributed by atoms with E-state index in [-0.39, 0.29) is 0 Å². The first-order valence-electron chi connectivity index (χ1n) is 5.91. The second-order valence-electron chi connectivity index (χ2n) is 4.81. The van der Waals surface area contributed by atoms with E-state index in [1.807, 2.05) is 0 Å². The van der Waals surface area contributed by atoms with Crippen LogP contribution in [0.4, 0.5) is 0 Å². The van der Waals surface area contributed by atoms with E-state index in [1.54, 1.807) is 0 Å². The number of rotatable bonds is 2. The van der Waals surface area contributed by atoms with Gasteiger partial charge >= 0.3 is 0 Å². The van der Waals surface area contributed by atoms with Crippen molar-refractivity contribution in [2.45, 2.75) is 44.6 Å². The van der Waals surface area contributed by atoms with E-state index in [0.717, 1.165) is 30.6 Å². The molecule has 4 heteroatoms. The highest BCUT2D eigenvalue weighted by molar-refractivity contribution is 5.07. The maximum atomic E-state index is 5.31. The number of aromatic nitrogens is 2. The molecule has 1 N–H and O–H groups in total. The van der Waals surface area contributed by atoms with Crippen LogP contribution in [0.1, 0.15) is 56.3 Å². The van der Waals surface area contributed by atoms with Gasteiger partial charge in [0.25, 0.3) is 0 Å². The smallest absolute Gasteiger partial charge is 0.230 e. The van der Waals surface area contributed by atoms with Gasteiger partial charge in [0.05, 0.1) is 6.04 Å². The molecule has 1 aliphatic heterocycles. The van der Waals surface area contributed by atoms with Crippen molar-refractivity contribution in [3.8, 4) is 0 Å². The number of piperidine rings is 1. The molecule has 2 heterocycles. The first-order chi connectivity index (χ1) is 7.34. The van der Waals surface area contributed by atoms with Gasteiger partial charge in [-0.05, 0) is 31.7 Å². The molecule has 0 bridgehead atoms. The van der Waals surface area contributed by atoms with Crippen LogP contribution in [0.5, 0.6) is 0 Å². The molecule has 1 aliphatic carbocycles. The van der Waals surface area contributed by atoms with E-state index >= 15 is 0 Å². The molecule has 1 saturated carbocycles. The summed E-state index contributed by atoms with van der Waals surface area (Å²) in [6, 6.07) is 0.324. The maximum Gasteiger partial charge on any atom is 0.230 e. The largest absolute Gasteiger partial charge is 0.339 e. The van der Waals surface area contributed by atoms with Gasteiger partial charge in [-0.15, -0.1) is 0 Å². The average molecular weight is 207 g/mol. The van der Waals surface area contributed by atoms with Crippen molar-refractivity contribution in [1.82, 2.24) is 15.5 Å².